The Morgan fingerprint density at radius 1 is 1.00 bits per heavy atom. The number of para-hydroxylation sites is 1. The topological polar surface area (TPSA) is 96.0 Å². The van der Waals surface area contributed by atoms with Crippen LogP contribution in [-0.4, -0.2) is 26.9 Å². The van der Waals surface area contributed by atoms with Crippen LogP contribution in [0, 0.1) is 0 Å². The van der Waals surface area contributed by atoms with Crippen molar-refractivity contribution >= 4 is 39.2 Å². The molecule has 8 heteroatoms. The minimum Gasteiger partial charge on any atom is -0.325 e. The van der Waals surface area contributed by atoms with Crippen molar-refractivity contribution in [3.63, 3.8) is 0 Å². The second-order valence-corrected chi connectivity index (χ2v) is 5.95. The van der Waals surface area contributed by atoms with Crippen molar-refractivity contribution in [2.75, 3.05) is 16.0 Å². The Kier molecular flexibility index (Phi) is 5.33. The van der Waals surface area contributed by atoms with Gasteiger partial charge in [0.2, 0.25) is 5.91 Å². The molecule has 3 aromatic rings. The third-order valence-electron chi connectivity index (χ3n) is 3.54. The second kappa shape index (κ2) is 7.83. The third kappa shape index (κ3) is 4.09. The number of halogens is 1. The van der Waals surface area contributed by atoms with Crippen molar-refractivity contribution in [2.24, 2.45) is 0 Å². The molecule has 26 heavy (non-hydrogen) atoms. The number of carbonyl (C=O) groups is 2. The Morgan fingerprint density at radius 3 is 2.35 bits per heavy atom. The van der Waals surface area contributed by atoms with Crippen molar-refractivity contribution < 1.29 is 9.59 Å². The van der Waals surface area contributed by atoms with Crippen molar-refractivity contribution in [1.29, 1.82) is 0 Å². The first-order chi connectivity index (χ1) is 12.6. The van der Waals surface area contributed by atoms with Crippen LogP contribution in [0.15, 0.2) is 65.5 Å². The molecule has 0 aliphatic heterocycles. The predicted octanol–water partition coefficient (Wildman–Crippen LogP) is 2.75. The summed E-state index contributed by atoms with van der Waals surface area (Å²) in [5.74, 6) is -0.257. The summed E-state index contributed by atoms with van der Waals surface area (Å²) in [4.78, 5) is 35.7. The zero-order valence-electron chi connectivity index (χ0n) is 13.5. The predicted molar refractivity (Wildman–Crippen MR) is 103 cm³/mol. The smallest absolute Gasteiger partial charge is 0.273 e. The highest BCUT2D eigenvalue weighted by Gasteiger charge is 2.10. The highest BCUT2D eigenvalue weighted by Crippen LogP contribution is 2.12. The second-order valence-electron chi connectivity index (χ2n) is 5.39. The molecule has 0 bridgehead atoms. The van der Waals surface area contributed by atoms with Crippen LogP contribution in [0.1, 0.15) is 10.4 Å². The fraction of sp³-hybridized carbons (Fsp3) is 0.0556. The van der Waals surface area contributed by atoms with E-state index in [0.717, 1.165) is 0 Å². The molecule has 0 saturated carbocycles. The summed E-state index contributed by atoms with van der Waals surface area (Å²) >= 11 is 3.06. The fourth-order valence-corrected chi connectivity index (χ4v) is 2.46. The Bertz CT molecular complexity index is 978. The van der Waals surface area contributed by atoms with Crippen molar-refractivity contribution in [3.8, 4) is 5.69 Å². The van der Waals surface area contributed by atoms with E-state index in [1.807, 2.05) is 18.2 Å². The number of nitrogens with zero attached hydrogens (tertiary/aromatic N) is 1. The molecule has 3 rings (SSSR count). The number of H-pyrrole nitrogens is 1. The standard InChI is InChI=1S/C18H15BrN4O3/c19-11-16(24)20-13-8-6-12(7-9-13)18(26)21-15-10-17(25)23(22-15)14-4-2-1-3-5-14/h1-10,22H,11H2,(H,20,24)(H,21,26). The third-order valence-corrected chi connectivity index (χ3v) is 4.04. The molecule has 0 saturated heterocycles. The normalized spacial score (nSPS) is 10.3. The average molecular weight is 415 g/mol. The summed E-state index contributed by atoms with van der Waals surface area (Å²) in [7, 11) is 0. The lowest BCUT2D eigenvalue weighted by molar-refractivity contribution is -0.113. The summed E-state index contributed by atoms with van der Waals surface area (Å²) in [5, 5.41) is 8.37. The molecule has 1 aromatic heterocycles. The van der Waals surface area contributed by atoms with Gasteiger partial charge >= 0.3 is 0 Å². The van der Waals surface area contributed by atoms with Crippen LogP contribution < -0.4 is 16.2 Å². The summed E-state index contributed by atoms with van der Waals surface area (Å²) in [6, 6.07) is 16.8. The molecule has 132 valence electrons. The number of rotatable bonds is 5. The summed E-state index contributed by atoms with van der Waals surface area (Å²) in [6.45, 7) is 0. The molecular weight excluding hydrogens is 400 g/mol. The van der Waals surface area contributed by atoms with E-state index in [0.29, 0.717) is 22.8 Å². The Balaban J connectivity index is 1.72. The number of amides is 2. The van der Waals surface area contributed by atoms with Crippen LogP contribution in [0.3, 0.4) is 0 Å². The van der Waals surface area contributed by atoms with Gasteiger partial charge in [0.15, 0.2) is 0 Å². The number of nitrogens with one attached hydrogen (secondary N) is 3. The first-order valence-corrected chi connectivity index (χ1v) is 8.83. The maximum Gasteiger partial charge on any atom is 0.273 e. The minimum atomic E-state index is -0.371. The number of aromatic amines is 1. The van der Waals surface area contributed by atoms with Gasteiger partial charge < -0.3 is 10.6 Å². The molecule has 0 aliphatic carbocycles. The Morgan fingerprint density at radius 2 is 1.69 bits per heavy atom. The number of hydrogen-bond donors (Lipinski definition) is 3. The van der Waals surface area contributed by atoms with E-state index >= 15 is 0 Å². The zero-order valence-corrected chi connectivity index (χ0v) is 15.1. The Hall–Kier alpha value is -3.13. The maximum atomic E-state index is 12.3. The number of alkyl halides is 1. The molecule has 2 amide bonds. The lowest BCUT2D eigenvalue weighted by atomic mass is 10.2. The van der Waals surface area contributed by atoms with E-state index in [4.69, 9.17) is 0 Å². The molecule has 0 fully saturated rings. The molecule has 7 nitrogen and oxygen atoms in total. The molecule has 3 N–H and O–H groups in total. The highest BCUT2D eigenvalue weighted by atomic mass is 79.9. The van der Waals surface area contributed by atoms with Gasteiger partial charge in [0.25, 0.3) is 11.5 Å². The van der Waals surface area contributed by atoms with Crippen LogP contribution in [0.25, 0.3) is 5.69 Å². The van der Waals surface area contributed by atoms with Gasteiger partial charge in [-0.1, -0.05) is 34.1 Å². The van der Waals surface area contributed by atoms with E-state index in [2.05, 4.69) is 31.7 Å². The number of benzene rings is 2. The van der Waals surface area contributed by atoms with Crippen molar-refractivity contribution in [3.05, 3.63) is 76.6 Å². The number of aromatic nitrogens is 2. The van der Waals surface area contributed by atoms with Gasteiger partial charge in [0, 0.05) is 17.3 Å². The van der Waals surface area contributed by atoms with Crippen molar-refractivity contribution in [1.82, 2.24) is 9.78 Å². The van der Waals surface area contributed by atoms with E-state index < -0.39 is 0 Å². The maximum absolute atomic E-state index is 12.3. The van der Waals surface area contributed by atoms with Gasteiger partial charge in [0.05, 0.1) is 11.0 Å². The van der Waals surface area contributed by atoms with Gasteiger partial charge in [-0.2, -0.15) is 0 Å². The van der Waals surface area contributed by atoms with Gasteiger partial charge in [-0.3, -0.25) is 19.5 Å². The number of carbonyl (C=O) groups excluding carboxylic acids is 2. The molecule has 0 atom stereocenters. The summed E-state index contributed by atoms with van der Waals surface area (Å²) < 4.78 is 1.34. The van der Waals surface area contributed by atoms with Crippen LogP contribution in [-0.2, 0) is 4.79 Å². The molecule has 0 radical (unpaired) electrons. The largest absolute Gasteiger partial charge is 0.325 e. The van der Waals surface area contributed by atoms with E-state index in [-0.39, 0.29) is 22.7 Å². The number of anilines is 2. The van der Waals surface area contributed by atoms with Crippen LogP contribution in [0.4, 0.5) is 11.5 Å². The van der Waals surface area contributed by atoms with Crippen LogP contribution >= 0.6 is 15.9 Å². The minimum absolute atomic E-state index is 0.179. The van der Waals surface area contributed by atoms with Crippen molar-refractivity contribution in [2.45, 2.75) is 0 Å². The molecule has 0 spiro atoms. The Labute approximate surface area is 157 Å². The fourth-order valence-electron chi connectivity index (χ4n) is 2.32. The van der Waals surface area contributed by atoms with E-state index in [9.17, 15) is 14.4 Å². The van der Waals surface area contributed by atoms with Gasteiger partial charge in [-0.25, -0.2) is 4.68 Å². The molecular formula is C18H15BrN4O3. The molecule has 0 aliphatic rings. The monoisotopic (exact) mass is 414 g/mol. The first-order valence-electron chi connectivity index (χ1n) is 7.71. The summed E-state index contributed by atoms with van der Waals surface area (Å²) in [5.41, 5.74) is 1.38. The average Bonchev–Trinajstić information content (AvgIpc) is 3.03. The lowest BCUT2D eigenvalue weighted by Crippen LogP contribution is -2.14. The van der Waals surface area contributed by atoms with E-state index in [1.54, 1.807) is 36.4 Å². The van der Waals surface area contributed by atoms with Crippen LogP contribution in [0.5, 0.6) is 0 Å². The van der Waals surface area contributed by atoms with Crippen LogP contribution in [0.2, 0.25) is 0 Å². The first kappa shape index (κ1) is 17.7. The number of hydrogen-bond acceptors (Lipinski definition) is 3. The van der Waals surface area contributed by atoms with Gasteiger partial charge in [0.1, 0.15) is 5.82 Å². The summed E-state index contributed by atoms with van der Waals surface area (Å²) in [6.07, 6.45) is 0. The SMILES string of the molecule is O=C(CBr)Nc1ccc(C(=O)Nc2cc(=O)n(-c3ccccc3)[nH]2)cc1. The molecule has 1 heterocycles. The van der Waals surface area contributed by atoms with E-state index in [1.165, 1.54) is 10.7 Å². The highest BCUT2D eigenvalue weighted by molar-refractivity contribution is 9.09. The van der Waals surface area contributed by atoms with Gasteiger partial charge in [-0.15, -0.1) is 0 Å². The van der Waals surface area contributed by atoms with Gasteiger partial charge in [-0.05, 0) is 36.4 Å². The molecule has 2 aromatic carbocycles. The zero-order chi connectivity index (χ0) is 18.5. The lowest BCUT2D eigenvalue weighted by Gasteiger charge is -2.06. The quantitative estimate of drug-likeness (QED) is 0.560. The molecule has 0 unspecified atom stereocenters.